The first-order valence-electron chi connectivity index (χ1n) is 4.09. The van der Waals surface area contributed by atoms with Gasteiger partial charge in [0.25, 0.3) is 0 Å². The maximum atomic E-state index is 11.1. The van der Waals surface area contributed by atoms with Gasteiger partial charge in [-0.3, -0.25) is 4.79 Å². The number of Topliss-reactive ketones (excluding diaryl/α,β-unsaturated/α-hetero) is 1. The first kappa shape index (κ1) is 8.25. The van der Waals surface area contributed by atoms with E-state index in [1.54, 1.807) is 6.92 Å². The summed E-state index contributed by atoms with van der Waals surface area (Å²) in [5.41, 5.74) is 0.964. The topological polar surface area (TPSA) is 17.1 Å². The summed E-state index contributed by atoms with van der Waals surface area (Å²) in [5, 5.41) is 0. The van der Waals surface area contributed by atoms with Crippen molar-refractivity contribution < 1.29 is 4.79 Å². The van der Waals surface area contributed by atoms with Crippen molar-refractivity contribution in [1.82, 2.24) is 0 Å². The molecule has 1 atom stereocenters. The van der Waals surface area contributed by atoms with Gasteiger partial charge in [0.15, 0.2) is 5.78 Å². The SMILES string of the molecule is C=CC1CCCC=C1C(C)=O. The molecular weight excluding hydrogens is 136 g/mol. The highest BCUT2D eigenvalue weighted by Gasteiger charge is 2.17. The summed E-state index contributed by atoms with van der Waals surface area (Å²) in [5.74, 6) is 0.524. The molecule has 60 valence electrons. The molecule has 0 aromatic heterocycles. The zero-order chi connectivity index (χ0) is 8.27. The van der Waals surface area contributed by atoms with Gasteiger partial charge in [0.1, 0.15) is 0 Å². The molecule has 0 aromatic carbocycles. The van der Waals surface area contributed by atoms with Crippen molar-refractivity contribution in [3.63, 3.8) is 0 Å². The van der Waals surface area contributed by atoms with Gasteiger partial charge in [0.2, 0.25) is 0 Å². The van der Waals surface area contributed by atoms with E-state index in [0.717, 1.165) is 18.4 Å². The summed E-state index contributed by atoms with van der Waals surface area (Å²) in [6.45, 7) is 5.36. The molecule has 0 saturated heterocycles. The number of hydrogen-bond donors (Lipinski definition) is 0. The van der Waals surface area contributed by atoms with Gasteiger partial charge < -0.3 is 0 Å². The number of ketones is 1. The molecule has 1 aliphatic rings. The summed E-state index contributed by atoms with van der Waals surface area (Å²) >= 11 is 0. The zero-order valence-corrected chi connectivity index (χ0v) is 6.97. The van der Waals surface area contributed by atoms with Crippen LogP contribution >= 0.6 is 0 Å². The smallest absolute Gasteiger partial charge is 0.156 e. The molecule has 11 heavy (non-hydrogen) atoms. The lowest BCUT2D eigenvalue weighted by Gasteiger charge is -2.18. The zero-order valence-electron chi connectivity index (χ0n) is 6.97. The van der Waals surface area contributed by atoms with Gasteiger partial charge in [0.05, 0.1) is 0 Å². The third-order valence-electron chi connectivity index (χ3n) is 2.17. The van der Waals surface area contributed by atoms with Crippen molar-refractivity contribution in [3.05, 3.63) is 24.3 Å². The molecule has 1 heteroatoms. The second-order valence-electron chi connectivity index (χ2n) is 2.99. The van der Waals surface area contributed by atoms with E-state index >= 15 is 0 Å². The van der Waals surface area contributed by atoms with Gasteiger partial charge in [-0.2, -0.15) is 0 Å². The molecule has 0 amide bonds. The molecule has 0 spiro atoms. The highest BCUT2D eigenvalue weighted by Crippen LogP contribution is 2.25. The fourth-order valence-corrected chi connectivity index (χ4v) is 1.55. The van der Waals surface area contributed by atoms with E-state index in [1.807, 2.05) is 6.08 Å². The molecule has 1 rings (SSSR count). The number of hydrogen-bond acceptors (Lipinski definition) is 1. The number of carbonyl (C=O) groups is 1. The number of rotatable bonds is 2. The molecule has 1 nitrogen and oxygen atoms in total. The van der Waals surface area contributed by atoms with Crippen molar-refractivity contribution in [2.75, 3.05) is 0 Å². The minimum atomic E-state index is 0.203. The third kappa shape index (κ3) is 1.79. The monoisotopic (exact) mass is 150 g/mol. The van der Waals surface area contributed by atoms with Crippen molar-refractivity contribution in [2.24, 2.45) is 5.92 Å². The Morgan fingerprint density at radius 2 is 2.55 bits per heavy atom. The lowest BCUT2D eigenvalue weighted by atomic mass is 9.86. The molecule has 0 bridgehead atoms. The van der Waals surface area contributed by atoms with E-state index < -0.39 is 0 Å². The maximum absolute atomic E-state index is 11.1. The summed E-state index contributed by atoms with van der Waals surface area (Å²) in [6.07, 6.45) is 7.27. The Labute approximate surface area is 67.8 Å². The van der Waals surface area contributed by atoms with Crippen LogP contribution in [0.25, 0.3) is 0 Å². The van der Waals surface area contributed by atoms with E-state index in [0.29, 0.717) is 5.92 Å². The summed E-state index contributed by atoms with van der Waals surface area (Å²) in [4.78, 5) is 11.1. The predicted octanol–water partition coefficient (Wildman–Crippen LogP) is 2.49. The Hall–Kier alpha value is -0.850. The fourth-order valence-electron chi connectivity index (χ4n) is 1.55. The van der Waals surface area contributed by atoms with Crippen molar-refractivity contribution in [1.29, 1.82) is 0 Å². The molecule has 0 saturated carbocycles. The normalized spacial score (nSPS) is 24.1. The van der Waals surface area contributed by atoms with Crippen molar-refractivity contribution in [3.8, 4) is 0 Å². The summed E-state index contributed by atoms with van der Waals surface area (Å²) in [6, 6.07) is 0. The van der Waals surface area contributed by atoms with E-state index in [4.69, 9.17) is 0 Å². The Morgan fingerprint density at radius 3 is 3.00 bits per heavy atom. The highest BCUT2D eigenvalue weighted by atomic mass is 16.1. The van der Waals surface area contributed by atoms with Gasteiger partial charge in [-0.15, -0.1) is 6.58 Å². The van der Waals surface area contributed by atoms with Crippen LogP contribution in [0.4, 0.5) is 0 Å². The first-order chi connectivity index (χ1) is 5.25. The van der Waals surface area contributed by atoms with Gasteiger partial charge in [0, 0.05) is 5.92 Å². The number of allylic oxidation sites excluding steroid dienone is 3. The van der Waals surface area contributed by atoms with Crippen LogP contribution in [0.2, 0.25) is 0 Å². The highest BCUT2D eigenvalue weighted by molar-refractivity contribution is 5.94. The summed E-state index contributed by atoms with van der Waals surface area (Å²) < 4.78 is 0. The van der Waals surface area contributed by atoms with Crippen LogP contribution in [0, 0.1) is 5.92 Å². The van der Waals surface area contributed by atoms with E-state index in [1.165, 1.54) is 6.42 Å². The van der Waals surface area contributed by atoms with Gasteiger partial charge in [-0.25, -0.2) is 0 Å². The summed E-state index contributed by atoms with van der Waals surface area (Å²) in [7, 11) is 0. The fraction of sp³-hybridized carbons (Fsp3) is 0.500. The van der Waals surface area contributed by atoms with Crippen molar-refractivity contribution >= 4 is 5.78 Å². The van der Waals surface area contributed by atoms with E-state index in [-0.39, 0.29) is 5.78 Å². The van der Waals surface area contributed by atoms with Crippen LogP contribution in [-0.4, -0.2) is 5.78 Å². The Bertz CT molecular complexity index is 201. The molecule has 0 aliphatic heterocycles. The third-order valence-corrected chi connectivity index (χ3v) is 2.17. The lowest BCUT2D eigenvalue weighted by Crippen LogP contribution is -2.11. The van der Waals surface area contributed by atoms with Crippen LogP contribution in [0.15, 0.2) is 24.3 Å². The Morgan fingerprint density at radius 1 is 1.82 bits per heavy atom. The van der Waals surface area contributed by atoms with Gasteiger partial charge >= 0.3 is 0 Å². The first-order valence-corrected chi connectivity index (χ1v) is 4.09. The van der Waals surface area contributed by atoms with Crippen molar-refractivity contribution in [2.45, 2.75) is 26.2 Å². The quantitative estimate of drug-likeness (QED) is 0.553. The molecule has 0 radical (unpaired) electrons. The lowest BCUT2D eigenvalue weighted by molar-refractivity contribution is -0.114. The van der Waals surface area contributed by atoms with Crippen LogP contribution in [-0.2, 0) is 4.79 Å². The minimum Gasteiger partial charge on any atom is -0.295 e. The van der Waals surface area contributed by atoms with Gasteiger partial charge in [-0.05, 0) is 31.8 Å². The van der Waals surface area contributed by atoms with Crippen LogP contribution in [0.5, 0.6) is 0 Å². The Kier molecular flexibility index (Phi) is 2.64. The second-order valence-corrected chi connectivity index (χ2v) is 2.99. The van der Waals surface area contributed by atoms with Crippen LogP contribution in [0.3, 0.4) is 0 Å². The van der Waals surface area contributed by atoms with Crippen LogP contribution < -0.4 is 0 Å². The number of carbonyl (C=O) groups excluding carboxylic acids is 1. The molecule has 0 fully saturated rings. The second kappa shape index (κ2) is 3.51. The Balaban J connectivity index is 2.79. The maximum Gasteiger partial charge on any atom is 0.156 e. The van der Waals surface area contributed by atoms with E-state index in [9.17, 15) is 4.79 Å². The largest absolute Gasteiger partial charge is 0.295 e. The average molecular weight is 150 g/mol. The van der Waals surface area contributed by atoms with E-state index in [2.05, 4.69) is 12.7 Å². The minimum absolute atomic E-state index is 0.203. The average Bonchev–Trinajstić information content (AvgIpc) is 2.04. The molecular formula is C10H14O. The molecule has 1 unspecified atom stereocenters. The molecule has 0 heterocycles. The molecule has 0 N–H and O–H groups in total. The molecule has 0 aromatic rings. The predicted molar refractivity (Wildman–Crippen MR) is 46.3 cm³/mol. The van der Waals surface area contributed by atoms with Gasteiger partial charge in [-0.1, -0.05) is 12.2 Å². The standard InChI is InChI=1S/C10H14O/c1-3-9-6-4-5-7-10(9)8(2)11/h3,7,9H,1,4-6H2,2H3. The van der Waals surface area contributed by atoms with Crippen LogP contribution in [0.1, 0.15) is 26.2 Å². The molecule has 1 aliphatic carbocycles.